The molecule has 1 heterocycles. The fourth-order valence-electron chi connectivity index (χ4n) is 1.79. The Bertz CT molecular complexity index is 437. The number of rotatable bonds is 7. The fraction of sp³-hybridized carbons (Fsp3) is 0.667. The van der Waals surface area contributed by atoms with Crippen molar-refractivity contribution in [3.05, 3.63) is 24.0 Å². The number of aryl methyl sites for hydroxylation is 1. The highest BCUT2D eigenvalue weighted by molar-refractivity contribution is 7.90. The van der Waals surface area contributed by atoms with Gasteiger partial charge in [-0.1, -0.05) is 6.92 Å². The molecule has 0 saturated heterocycles. The van der Waals surface area contributed by atoms with Crippen molar-refractivity contribution in [3.63, 3.8) is 0 Å². The molecule has 0 radical (unpaired) electrons. The summed E-state index contributed by atoms with van der Waals surface area (Å²) in [6, 6.07) is 2.42. The van der Waals surface area contributed by atoms with Crippen molar-refractivity contribution in [1.82, 2.24) is 9.88 Å². The lowest BCUT2D eigenvalue weighted by Gasteiger charge is -2.09. The van der Waals surface area contributed by atoms with E-state index in [0.717, 1.165) is 13.1 Å². The molecule has 1 atom stereocenters. The maximum atomic E-state index is 11.0. The van der Waals surface area contributed by atoms with Crippen molar-refractivity contribution in [2.75, 3.05) is 18.6 Å². The van der Waals surface area contributed by atoms with Gasteiger partial charge in [-0.25, -0.2) is 8.42 Å². The average Bonchev–Trinajstić information content (AvgIpc) is 2.65. The van der Waals surface area contributed by atoms with Crippen LogP contribution in [0.4, 0.5) is 0 Å². The summed E-state index contributed by atoms with van der Waals surface area (Å²) in [5.74, 6) is 0.253. The van der Waals surface area contributed by atoms with Crippen molar-refractivity contribution < 1.29 is 8.42 Å². The highest BCUT2D eigenvalue weighted by Crippen LogP contribution is 2.12. The van der Waals surface area contributed by atoms with Crippen LogP contribution < -0.4 is 5.32 Å². The van der Waals surface area contributed by atoms with Gasteiger partial charge in [0.15, 0.2) is 0 Å². The normalized spacial score (nSPS) is 13.8. The molecule has 0 aliphatic heterocycles. The first-order valence-corrected chi connectivity index (χ1v) is 8.05. The molecule has 0 saturated carbocycles. The number of hydrogen-bond donors (Lipinski definition) is 1. The predicted molar refractivity (Wildman–Crippen MR) is 70.9 cm³/mol. The Labute approximate surface area is 104 Å². The molecule has 0 amide bonds. The molecular formula is C12H22N2O2S. The Balaban J connectivity index is 2.46. The third-order valence-electron chi connectivity index (χ3n) is 2.72. The maximum Gasteiger partial charge on any atom is 0.147 e. The van der Waals surface area contributed by atoms with Crippen molar-refractivity contribution in [2.45, 2.75) is 32.9 Å². The van der Waals surface area contributed by atoms with Crippen LogP contribution in [0.2, 0.25) is 0 Å². The molecule has 0 spiro atoms. The van der Waals surface area contributed by atoms with Crippen LogP contribution in [-0.4, -0.2) is 31.5 Å². The summed E-state index contributed by atoms with van der Waals surface area (Å²) < 4.78 is 24.1. The SMILES string of the molecule is CCNC(C)c1ccn(CCCS(C)(=O)=O)c1. The molecule has 1 N–H and O–H groups in total. The third kappa shape index (κ3) is 5.37. The molecule has 1 aromatic rings. The van der Waals surface area contributed by atoms with Crippen LogP contribution in [0.25, 0.3) is 0 Å². The summed E-state index contributed by atoms with van der Waals surface area (Å²) in [7, 11) is -2.84. The Morgan fingerprint density at radius 2 is 2.18 bits per heavy atom. The lowest BCUT2D eigenvalue weighted by Crippen LogP contribution is -2.17. The van der Waals surface area contributed by atoms with Crippen molar-refractivity contribution >= 4 is 9.84 Å². The van der Waals surface area contributed by atoms with E-state index in [4.69, 9.17) is 0 Å². The summed E-state index contributed by atoms with van der Waals surface area (Å²) in [5, 5.41) is 3.35. The van der Waals surface area contributed by atoms with Crippen LogP contribution in [-0.2, 0) is 16.4 Å². The first-order valence-electron chi connectivity index (χ1n) is 5.99. The van der Waals surface area contributed by atoms with Gasteiger partial charge in [0, 0.05) is 31.2 Å². The summed E-state index contributed by atoms with van der Waals surface area (Å²) in [6.07, 6.45) is 6.03. The molecular weight excluding hydrogens is 236 g/mol. The van der Waals surface area contributed by atoms with Crippen molar-refractivity contribution in [2.24, 2.45) is 0 Å². The second kappa shape index (κ2) is 6.21. The minimum atomic E-state index is -2.84. The highest BCUT2D eigenvalue weighted by atomic mass is 32.2. The molecule has 1 unspecified atom stereocenters. The molecule has 4 nitrogen and oxygen atoms in total. The third-order valence-corrected chi connectivity index (χ3v) is 3.75. The number of nitrogens with zero attached hydrogens (tertiary/aromatic N) is 1. The lowest BCUT2D eigenvalue weighted by atomic mass is 10.2. The quantitative estimate of drug-likeness (QED) is 0.808. The monoisotopic (exact) mass is 258 g/mol. The van der Waals surface area contributed by atoms with E-state index in [2.05, 4.69) is 31.4 Å². The van der Waals surface area contributed by atoms with Gasteiger partial charge in [-0.3, -0.25) is 0 Å². The fourth-order valence-corrected chi connectivity index (χ4v) is 2.44. The zero-order valence-corrected chi connectivity index (χ0v) is 11.6. The first kappa shape index (κ1) is 14.3. The Morgan fingerprint density at radius 3 is 2.76 bits per heavy atom. The summed E-state index contributed by atoms with van der Waals surface area (Å²) >= 11 is 0. The minimum absolute atomic E-state index is 0.253. The van der Waals surface area contributed by atoms with E-state index in [-0.39, 0.29) is 5.75 Å². The van der Waals surface area contributed by atoms with Crippen molar-refractivity contribution in [1.29, 1.82) is 0 Å². The van der Waals surface area contributed by atoms with Crippen LogP contribution in [0.3, 0.4) is 0 Å². The highest BCUT2D eigenvalue weighted by Gasteiger charge is 2.06. The van der Waals surface area contributed by atoms with Gasteiger partial charge < -0.3 is 9.88 Å². The zero-order chi connectivity index (χ0) is 12.9. The van der Waals surface area contributed by atoms with Gasteiger partial charge >= 0.3 is 0 Å². The van der Waals surface area contributed by atoms with E-state index in [9.17, 15) is 8.42 Å². The van der Waals surface area contributed by atoms with E-state index in [0.29, 0.717) is 12.5 Å². The summed E-state index contributed by atoms with van der Waals surface area (Å²) in [5.41, 5.74) is 1.24. The summed E-state index contributed by atoms with van der Waals surface area (Å²) in [6.45, 7) is 5.91. The van der Waals surface area contributed by atoms with Gasteiger partial charge in [-0.05, 0) is 31.5 Å². The second-order valence-corrected chi connectivity index (χ2v) is 6.71. The smallest absolute Gasteiger partial charge is 0.147 e. The lowest BCUT2D eigenvalue weighted by molar-refractivity contribution is 0.587. The minimum Gasteiger partial charge on any atom is -0.354 e. The van der Waals surface area contributed by atoms with Gasteiger partial charge in [0.2, 0.25) is 0 Å². The number of aromatic nitrogens is 1. The molecule has 0 bridgehead atoms. The Morgan fingerprint density at radius 1 is 1.47 bits per heavy atom. The van der Waals surface area contributed by atoms with Crippen LogP contribution >= 0.6 is 0 Å². The molecule has 0 aliphatic carbocycles. The Hall–Kier alpha value is -0.810. The van der Waals surface area contributed by atoms with Gasteiger partial charge in [0.25, 0.3) is 0 Å². The molecule has 17 heavy (non-hydrogen) atoms. The van der Waals surface area contributed by atoms with Crippen molar-refractivity contribution in [3.8, 4) is 0 Å². The standard InChI is InChI=1S/C12H22N2O2S/c1-4-13-11(2)12-6-8-14(10-12)7-5-9-17(3,15)16/h6,8,10-11,13H,4-5,7,9H2,1-3H3. The van der Waals surface area contributed by atoms with E-state index < -0.39 is 9.84 Å². The topological polar surface area (TPSA) is 51.1 Å². The molecule has 1 rings (SSSR count). The van der Waals surface area contributed by atoms with Crippen LogP contribution in [0, 0.1) is 0 Å². The van der Waals surface area contributed by atoms with Gasteiger partial charge in [0.05, 0.1) is 5.75 Å². The van der Waals surface area contributed by atoms with Gasteiger partial charge in [-0.2, -0.15) is 0 Å². The largest absolute Gasteiger partial charge is 0.354 e. The molecule has 0 fully saturated rings. The number of hydrogen-bond acceptors (Lipinski definition) is 3. The average molecular weight is 258 g/mol. The second-order valence-electron chi connectivity index (χ2n) is 4.45. The summed E-state index contributed by atoms with van der Waals surface area (Å²) in [4.78, 5) is 0. The maximum absolute atomic E-state index is 11.0. The van der Waals surface area contributed by atoms with E-state index in [1.54, 1.807) is 0 Å². The van der Waals surface area contributed by atoms with E-state index >= 15 is 0 Å². The number of nitrogens with one attached hydrogen (secondary N) is 1. The molecule has 0 aliphatic rings. The Kier molecular flexibility index (Phi) is 5.21. The van der Waals surface area contributed by atoms with Crippen LogP contribution in [0.1, 0.15) is 31.9 Å². The van der Waals surface area contributed by atoms with Gasteiger partial charge in [0.1, 0.15) is 9.84 Å². The molecule has 5 heteroatoms. The predicted octanol–water partition coefficient (Wildman–Crippen LogP) is 1.59. The van der Waals surface area contributed by atoms with Gasteiger partial charge in [-0.15, -0.1) is 0 Å². The molecule has 98 valence electrons. The first-order chi connectivity index (χ1) is 7.92. The van der Waals surface area contributed by atoms with E-state index in [1.807, 2.05) is 10.8 Å². The number of sulfone groups is 1. The molecule has 0 aromatic carbocycles. The molecule has 1 aromatic heterocycles. The van der Waals surface area contributed by atoms with E-state index in [1.165, 1.54) is 11.8 Å². The van der Waals surface area contributed by atoms with Crippen LogP contribution in [0.5, 0.6) is 0 Å². The van der Waals surface area contributed by atoms with Crippen LogP contribution in [0.15, 0.2) is 18.5 Å². The zero-order valence-electron chi connectivity index (χ0n) is 10.8.